The Kier molecular flexibility index (Phi) is 6.94. The van der Waals surface area contributed by atoms with Crippen molar-refractivity contribution in [2.24, 2.45) is 0 Å². The molecule has 1 aliphatic heterocycles. The van der Waals surface area contributed by atoms with Crippen LogP contribution in [0.25, 0.3) is 0 Å². The first-order chi connectivity index (χ1) is 13.6. The molecule has 2 N–H and O–H groups in total. The topological polar surface area (TPSA) is 79.9 Å². The van der Waals surface area contributed by atoms with E-state index in [1.54, 1.807) is 41.3 Å². The zero-order chi connectivity index (χ0) is 19.8. The second-order valence-corrected chi connectivity index (χ2v) is 6.49. The number of benzene rings is 2. The predicted molar refractivity (Wildman–Crippen MR) is 109 cm³/mol. The van der Waals surface area contributed by atoms with Gasteiger partial charge in [0.2, 0.25) is 0 Å². The van der Waals surface area contributed by atoms with Crippen LogP contribution in [0, 0.1) is 0 Å². The van der Waals surface area contributed by atoms with Gasteiger partial charge in [-0.25, -0.2) is 0 Å². The average molecular weight is 399 g/mol. The summed E-state index contributed by atoms with van der Waals surface area (Å²) in [7, 11) is 0. The Balaban J connectivity index is 1.46. The van der Waals surface area contributed by atoms with Gasteiger partial charge < -0.3 is 19.7 Å². The van der Waals surface area contributed by atoms with Crippen LogP contribution in [-0.4, -0.2) is 54.7 Å². The number of ether oxygens (including phenoxy) is 2. The van der Waals surface area contributed by atoms with Crippen molar-refractivity contribution in [2.75, 3.05) is 38.2 Å². The van der Waals surface area contributed by atoms with Crippen LogP contribution < -0.4 is 15.4 Å². The van der Waals surface area contributed by atoms with Crippen molar-refractivity contribution in [2.45, 2.75) is 0 Å². The standard InChI is InChI=1S/C20H21N3O4S/c24-18(14-27-17-4-2-1-3-5-17)22-20(28)21-16-8-6-15(7-9-16)19(25)23-10-12-26-13-11-23/h1-9H,10-14H2,(H2,21,22,24,28). The Bertz CT molecular complexity index is 821. The quantitative estimate of drug-likeness (QED) is 0.750. The van der Waals surface area contributed by atoms with Crippen LogP contribution in [0.3, 0.4) is 0 Å². The molecule has 28 heavy (non-hydrogen) atoms. The maximum Gasteiger partial charge on any atom is 0.264 e. The molecule has 1 fully saturated rings. The van der Waals surface area contributed by atoms with Crippen molar-refractivity contribution in [3.8, 4) is 5.75 Å². The van der Waals surface area contributed by atoms with E-state index in [0.29, 0.717) is 43.3 Å². The van der Waals surface area contributed by atoms with Gasteiger partial charge in [-0.3, -0.25) is 14.9 Å². The molecule has 0 aromatic heterocycles. The monoisotopic (exact) mass is 399 g/mol. The van der Waals surface area contributed by atoms with E-state index in [4.69, 9.17) is 21.7 Å². The smallest absolute Gasteiger partial charge is 0.264 e. The summed E-state index contributed by atoms with van der Waals surface area (Å²) in [5, 5.41) is 5.63. The van der Waals surface area contributed by atoms with Gasteiger partial charge in [0.25, 0.3) is 11.8 Å². The molecule has 8 heteroatoms. The third-order valence-electron chi connectivity index (χ3n) is 4.05. The largest absolute Gasteiger partial charge is 0.484 e. The van der Waals surface area contributed by atoms with Crippen molar-refractivity contribution < 1.29 is 19.1 Å². The zero-order valence-electron chi connectivity index (χ0n) is 15.2. The molecule has 1 aliphatic rings. The van der Waals surface area contributed by atoms with Crippen molar-refractivity contribution >= 4 is 34.8 Å². The lowest BCUT2D eigenvalue weighted by Crippen LogP contribution is -2.40. The highest BCUT2D eigenvalue weighted by molar-refractivity contribution is 7.80. The lowest BCUT2D eigenvalue weighted by molar-refractivity contribution is -0.121. The van der Waals surface area contributed by atoms with E-state index in [-0.39, 0.29) is 23.5 Å². The number of nitrogens with one attached hydrogen (secondary N) is 2. The van der Waals surface area contributed by atoms with Crippen LogP contribution in [0.15, 0.2) is 54.6 Å². The van der Waals surface area contributed by atoms with Gasteiger partial charge in [-0.1, -0.05) is 18.2 Å². The number of anilines is 1. The van der Waals surface area contributed by atoms with E-state index in [1.165, 1.54) is 0 Å². The molecule has 1 saturated heterocycles. The SMILES string of the molecule is O=C(COc1ccccc1)NC(=S)Nc1ccc(C(=O)N2CCOCC2)cc1. The second-order valence-electron chi connectivity index (χ2n) is 6.09. The van der Waals surface area contributed by atoms with E-state index in [2.05, 4.69) is 10.6 Å². The number of nitrogens with zero attached hydrogens (tertiary/aromatic N) is 1. The van der Waals surface area contributed by atoms with Crippen LogP contribution in [0.2, 0.25) is 0 Å². The number of hydrogen-bond acceptors (Lipinski definition) is 5. The summed E-state index contributed by atoms with van der Waals surface area (Å²) >= 11 is 5.14. The van der Waals surface area contributed by atoms with Gasteiger partial charge >= 0.3 is 0 Å². The molecule has 1 heterocycles. The van der Waals surface area contributed by atoms with Gasteiger partial charge in [-0.15, -0.1) is 0 Å². The van der Waals surface area contributed by atoms with Gasteiger partial charge in [0.15, 0.2) is 11.7 Å². The number of amides is 2. The fraction of sp³-hybridized carbons (Fsp3) is 0.250. The molecule has 0 unspecified atom stereocenters. The molecule has 0 radical (unpaired) electrons. The molecule has 0 saturated carbocycles. The van der Waals surface area contributed by atoms with Gasteiger partial charge in [0, 0.05) is 24.3 Å². The number of hydrogen-bond donors (Lipinski definition) is 2. The fourth-order valence-corrected chi connectivity index (χ4v) is 2.87. The normalized spacial score (nSPS) is 13.5. The van der Waals surface area contributed by atoms with E-state index >= 15 is 0 Å². The molecule has 0 aliphatic carbocycles. The third-order valence-corrected chi connectivity index (χ3v) is 4.26. The Morgan fingerprint density at radius 2 is 1.71 bits per heavy atom. The van der Waals surface area contributed by atoms with Crippen molar-refractivity contribution in [3.05, 3.63) is 60.2 Å². The summed E-state index contributed by atoms with van der Waals surface area (Å²) in [6, 6.07) is 16.0. The third kappa shape index (κ3) is 5.77. The van der Waals surface area contributed by atoms with Crippen LogP contribution in [-0.2, 0) is 9.53 Å². The summed E-state index contributed by atoms with van der Waals surface area (Å²) in [5.74, 6) is 0.223. The molecule has 7 nitrogen and oxygen atoms in total. The van der Waals surface area contributed by atoms with Gasteiger partial charge in [-0.2, -0.15) is 0 Å². The molecule has 0 spiro atoms. The Labute approximate surface area is 168 Å². The van der Waals surface area contributed by atoms with Crippen molar-refractivity contribution in [1.82, 2.24) is 10.2 Å². The highest BCUT2D eigenvalue weighted by Crippen LogP contribution is 2.13. The second kappa shape index (κ2) is 9.82. The molecule has 2 aromatic rings. The van der Waals surface area contributed by atoms with Crippen molar-refractivity contribution in [1.29, 1.82) is 0 Å². The van der Waals surface area contributed by atoms with Crippen LogP contribution in [0.1, 0.15) is 10.4 Å². The minimum atomic E-state index is -0.361. The molecule has 3 rings (SSSR count). The number of morpholine rings is 1. The lowest BCUT2D eigenvalue weighted by atomic mass is 10.1. The predicted octanol–water partition coefficient (Wildman–Crippen LogP) is 2.05. The number of carbonyl (C=O) groups is 2. The summed E-state index contributed by atoms with van der Waals surface area (Å²) in [4.78, 5) is 26.1. The Morgan fingerprint density at radius 3 is 2.39 bits per heavy atom. The highest BCUT2D eigenvalue weighted by Gasteiger charge is 2.18. The highest BCUT2D eigenvalue weighted by atomic mass is 32.1. The Hall–Kier alpha value is -2.97. The first-order valence-electron chi connectivity index (χ1n) is 8.87. The molecular formula is C20H21N3O4S. The minimum Gasteiger partial charge on any atom is -0.484 e. The number of thiocarbonyl (C=S) groups is 1. The first kappa shape index (κ1) is 19.8. The average Bonchev–Trinajstić information content (AvgIpc) is 2.73. The molecular weight excluding hydrogens is 378 g/mol. The number of para-hydroxylation sites is 1. The Morgan fingerprint density at radius 1 is 1.04 bits per heavy atom. The summed E-state index contributed by atoms with van der Waals surface area (Å²) in [5.41, 5.74) is 1.27. The van der Waals surface area contributed by atoms with Gasteiger partial charge in [0.1, 0.15) is 5.75 Å². The maximum atomic E-state index is 12.4. The summed E-state index contributed by atoms with van der Waals surface area (Å²) in [6.45, 7) is 2.18. The number of rotatable bonds is 5. The van der Waals surface area contributed by atoms with E-state index in [1.807, 2.05) is 18.2 Å². The fourth-order valence-electron chi connectivity index (χ4n) is 2.64. The molecule has 146 valence electrons. The molecule has 2 aromatic carbocycles. The van der Waals surface area contributed by atoms with E-state index < -0.39 is 0 Å². The number of carbonyl (C=O) groups excluding carboxylic acids is 2. The van der Waals surface area contributed by atoms with E-state index in [0.717, 1.165) is 0 Å². The molecule has 2 amide bonds. The first-order valence-corrected chi connectivity index (χ1v) is 9.28. The lowest BCUT2D eigenvalue weighted by Gasteiger charge is -2.26. The molecule has 0 bridgehead atoms. The van der Waals surface area contributed by atoms with Crippen molar-refractivity contribution in [3.63, 3.8) is 0 Å². The maximum absolute atomic E-state index is 12.4. The summed E-state index contributed by atoms with van der Waals surface area (Å²) in [6.07, 6.45) is 0. The summed E-state index contributed by atoms with van der Waals surface area (Å²) < 4.78 is 10.6. The molecule has 0 atom stereocenters. The van der Waals surface area contributed by atoms with Crippen LogP contribution in [0.4, 0.5) is 5.69 Å². The zero-order valence-corrected chi connectivity index (χ0v) is 16.0. The van der Waals surface area contributed by atoms with Gasteiger partial charge in [0.05, 0.1) is 13.2 Å². The minimum absolute atomic E-state index is 0.0243. The van der Waals surface area contributed by atoms with Gasteiger partial charge in [-0.05, 0) is 48.6 Å². The van der Waals surface area contributed by atoms with Crippen LogP contribution >= 0.6 is 12.2 Å². The van der Waals surface area contributed by atoms with Crippen LogP contribution in [0.5, 0.6) is 5.75 Å². The van der Waals surface area contributed by atoms with E-state index in [9.17, 15) is 9.59 Å².